The average molecular weight is 165 g/mol. The summed E-state index contributed by atoms with van der Waals surface area (Å²) in [7, 11) is 2.02. The maximum Gasteiger partial charge on any atom is 0.0925 e. The third-order valence-corrected chi connectivity index (χ3v) is 2.58. The third kappa shape index (κ3) is 1.37. The number of nitrogens with one attached hydrogen (secondary N) is 2. The zero-order chi connectivity index (χ0) is 8.39. The minimum atomic E-state index is 0.794. The smallest absolute Gasteiger partial charge is 0.0925 e. The predicted molar refractivity (Wildman–Crippen MR) is 48.0 cm³/mol. The van der Waals surface area contributed by atoms with Gasteiger partial charge in [-0.1, -0.05) is 0 Å². The molecule has 2 N–H and O–H groups in total. The Labute approximate surface area is 72.6 Å². The molecule has 3 heteroatoms. The molecule has 0 radical (unpaired) electrons. The Kier molecular flexibility index (Phi) is 2.13. The van der Waals surface area contributed by atoms with Gasteiger partial charge in [0.1, 0.15) is 0 Å². The van der Waals surface area contributed by atoms with Crippen LogP contribution >= 0.6 is 0 Å². The lowest BCUT2D eigenvalue weighted by Crippen LogP contribution is -2.24. The highest BCUT2D eigenvalue weighted by atomic mass is 14.9. The zero-order valence-corrected chi connectivity index (χ0v) is 7.43. The van der Waals surface area contributed by atoms with Gasteiger partial charge in [0.25, 0.3) is 0 Å². The first-order valence-corrected chi connectivity index (χ1v) is 4.56. The topological polar surface area (TPSA) is 40.7 Å². The molecule has 1 aliphatic carbocycles. The van der Waals surface area contributed by atoms with Crippen LogP contribution in [-0.4, -0.2) is 23.6 Å². The Hall–Kier alpha value is -0.830. The fraction of sp³-hybridized carbons (Fsp3) is 0.667. The second-order valence-corrected chi connectivity index (χ2v) is 3.49. The summed E-state index contributed by atoms with van der Waals surface area (Å²) in [4.78, 5) is 7.48. The fourth-order valence-corrected chi connectivity index (χ4v) is 1.94. The van der Waals surface area contributed by atoms with Gasteiger partial charge >= 0.3 is 0 Å². The quantitative estimate of drug-likeness (QED) is 0.678. The van der Waals surface area contributed by atoms with Gasteiger partial charge in [-0.15, -0.1) is 0 Å². The molecule has 1 unspecified atom stereocenters. The molecule has 1 aliphatic rings. The van der Waals surface area contributed by atoms with E-state index in [4.69, 9.17) is 0 Å². The summed E-state index contributed by atoms with van der Waals surface area (Å²) >= 11 is 0. The molecule has 1 aromatic heterocycles. The zero-order valence-electron chi connectivity index (χ0n) is 7.43. The summed E-state index contributed by atoms with van der Waals surface area (Å²) < 4.78 is 0. The summed E-state index contributed by atoms with van der Waals surface area (Å²) in [6.07, 6.45) is 5.40. The highest BCUT2D eigenvalue weighted by Crippen LogP contribution is 2.21. The molecule has 1 aromatic rings. The van der Waals surface area contributed by atoms with Crippen LogP contribution in [-0.2, 0) is 12.8 Å². The Morgan fingerprint density at radius 3 is 3.50 bits per heavy atom. The van der Waals surface area contributed by atoms with Crippen molar-refractivity contribution in [2.75, 3.05) is 13.6 Å². The second kappa shape index (κ2) is 3.27. The molecule has 2 rings (SSSR count). The van der Waals surface area contributed by atoms with Gasteiger partial charge in [0, 0.05) is 5.69 Å². The van der Waals surface area contributed by atoms with E-state index in [9.17, 15) is 0 Å². The highest BCUT2D eigenvalue weighted by molar-refractivity contribution is 5.15. The minimum Gasteiger partial charge on any atom is -0.348 e. The Bertz CT molecular complexity index is 254. The number of H-pyrrole nitrogens is 1. The highest BCUT2D eigenvalue weighted by Gasteiger charge is 2.19. The number of nitrogens with zero attached hydrogens (tertiary/aromatic N) is 1. The van der Waals surface area contributed by atoms with Gasteiger partial charge in [0.15, 0.2) is 0 Å². The monoisotopic (exact) mass is 165 g/mol. The Balaban J connectivity index is 2.05. The average Bonchev–Trinajstić information content (AvgIpc) is 2.51. The van der Waals surface area contributed by atoms with Crippen molar-refractivity contribution in [2.45, 2.75) is 19.3 Å². The Morgan fingerprint density at radius 1 is 1.75 bits per heavy atom. The van der Waals surface area contributed by atoms with Crippen molar-refractivity contribution < 1.29 is 0 Å². The summed E-state index contributed by atoms with van der Waals surface area (Å²) in [5.41, 5.74) is 2.63. The summed E-state index contributed by atoms with van der Waals surface area (Å²) in [6, 6.07) is 0. The fourth-order valence-electron chi connectivity index (χ4n) is 1.94. The molecule has 0 fully saturated rings. The van der Waals surface area contributed by atoms with E-state index in [1.54, 1.807) is 0 Å². The first kappa shape index (κ1) is 7.80. The lowest BCUT2D eigenvalue weighted by molar-refractivity contribution is 0.433. The summed E-state index contributed by atoms with van der Waals surface area (Å²) in [5, 5.41) is 3.23. The summed E-state index contributed by atoms with van der Waals surface area (Å²) in [5.74, 6) is 0.794. The number of fused-ring (bicyclic) bond motifs is 1. The van der Waals surface area contributed by atoms with Crippen LogP contribution in [0.3, 0.4) is 0 Å². The number of aryl methyl sites for hydroxylation is 1. The molecule has 66 valence electrons. The van der Waals surface area contributed by atoms with E-state index in [1.807, 2.05) is 13.4 Å². The SMILES string of the molecule is CNCC1CCc2nc[nH]c2C1. The van der Waals surface area contributed by atoms with Crippen LogP contribution in [0.5, 0.6) is 0 Å². The van der Waals surface area contributed by atoms with Crippen LogP contribution in [0.4, 0.5) is 0 Å². The number of aromatic nitrogens is 2. The molecule has 1 heterocycles. The van der Waals surface area contributed by atoms with E-state index in [0.717, 1.165) is 25.3 Å². The van der Waals surface area contributed by atoms with E-state index >= 15 is 0 Å². The molecule has 0 aromatic carbocycles. The molecule has 0 amide bonds. The Morgan fingerprint density at radius 2 is 2.67 bits per heavy atom. The van der Waals surface area contributed by atoms with Crippen LogP contribution in [0.25, 0.3) is 0 Å². The maximum absolute atomic E-state index is 4.28. The number of imidazole rings is 1. The molecule has 3 nitrogen and oxygen atoms in total. The van der Waals surface area contributed by atoms with Crippen LogP contribution in [0.1, 0.15) is 17.8 Å². The standard InChI is InChI=1S/C9H15N3/c1-10-5-7-2-3-8-9(4-7)12-6-11-8/h6-7,10H,2-5H2,1H3,(H,11,12). The van der Waals surface area contributed by atoms with Crippen LogP contribution in [0.2, 0.25) is 0 Å². The molecular formula is C9H15N3. The van der Waals surface area contributed by atoms with Crippen molar-refractivity contribution in [3.8, 4) is 0 Å². The van der Waals surface area contributed by atoms with Gasteiger partial charge in [0.2, 0.25) is 0 Å². The molecule has 0 saturated heterocycles. The number of hydrogen-bond donors (Lipinski definition) is 2. The van der Waals surface area contributed by atoms with E-state index in [2.05, 4.69) is 15.3 Å². The van der Waals surface area contributed by atoms with Crippen LogP contribution < -0.4 is 5.32 Å². The van der Waals surface area contributed by atoms with Gasteiger partial charge in [-0.3, -0.25) is 0 Å². The second-order valence-electron chi connectivity index (χ2n) is 3.49. The third-order valence-electron chi connectivity index (χ3n) is 2.58. The van der Waals surface area contributed by atoms with Crippen molar-refractivity contribution in [3.63, 3.8) is 0 Å². The number of rotatable bonds is 2. The van der Waals surface area contributed by atoms with Gasteiger partial charge in [0.05, 0.1) is 12.0 Å². The maximum atomic E-state index is 4.28. The lowest BCUT2D eigenvalue weighted by Gasteiger charge is -2.20. The van der Waals surface area contributed by atoms with E-state index in [-0.39, 0.29) is 0 Å². The van der Waals surface area contributed by atoms with Crippen LogP contribution in [0.15, 0.2) is 6.33 Å². The molecule has 1 atom stereocenters. The van der Waals surface area contributed by atoms with Crippen molar-refractivity contribution in [1.82, 2.24) is 15.3 Å². The minimum absolute atomic E-state index is 0.794. The van der Waals surface area contributed by atoms with Gasteiger partial charge in [-0.25, -0.2) is 4.98 Å². The van der Waals surface area contributed by atoms with Gasteiger partial charge in [-0.2, -0.15) is 0 Å². The number of aromatic amines is 1. The van der Waals surface area contributed by atoms with Gasteiger partial charge in [-0.05, 0) is 38.8 Å². The molecule has 0 aliphatic heterocycles. The van der Waals surface area contributed by atoms with Gasteiger partial charge < -0.3 is 10.3 Å². The van der Waals surface area contributed by atoms with E-state index in [0.29, 0.717) is 0 Å². The van der Waals surface area contributed by atoms with Crippen molar-refractivity contribution in [3.05, 3.63) is 17.7 Å². The van der Waals surface area contributed by atoms with Crippen LogP contribution in [0, 0.1) is 5.92 Å². The first-order chi connectivity index (χ1) is 5.90. The molecule has 0 bridgehead atoms. The molecule has 0 saturated carbocycles. The van der Waals surface area contributed by atoms with Crippen molar-refractivity contribution in [1.29, 1.82) is 0 Å². The summed E-state index contributed by atoms with van der Waals surface area (Å²) in [6.45, 7) is 1.12. The van der Waals surface area contributed by atoms with Crippen molar-refractivity contribution in [2.24, 2.45) is 5.92 Å². The molecular weight excluding hydrogens is 150 g/mol. The molecule has 12 heavy (non-hydrogen) atoms. The lowest BCUT2D eigenvalue weighted by atomic mass is 9.90. The normalized spacial score (nSPS) is 22.2. The number of hydrogen-bond acceptors (Lipinski definition) is 2. The predicted octanol–water partition coefficient (Wildman–Crippen LogP) is 0.734. The first-order valence-electron chi connectivity index (χ1n) is 4.56. The van der Waals surface area contributed by atoms with Crippen molar-refractivity contribution >= 4 is 0 Å². The largest absolute Gasteiger partial charge is 0.348 e. The van der Waals surface area contributed by atoms with E-state index in [1.165, 1.54) is 17.8 Å². The molecule has 0 spiro atoms. The van der Waals surface area contributed by atoms with E-state index < -0.39 is 0 Å².